The van der Waals surface area contributed by atoms with Gasteiger partial charge in [-0.25, -0.2) is 0 Å². The molecule has 0 aliphatic carbocycles. The van der Waals surface area contributed by atoms with E-state index in [0.29, 0.717) is 0 Å². The third-order valence-corrected chi connectivity index (χ3v) is 22.0. The van der Waals surface area contributed by atoms with Crippen molar-refractivity contribution in [1.82, 2.24) is 0 Å². The quantitative estimate of drug-likeness (QED) is 0.0572. The Morgan fingerprint density at radius 1 is 0.137 bits per heavy atom. The van der Waals surface area contributed by atoms with E-state index in [0.717, 1.165) is 184 Å². The van der Waals surface area contributed by atoms with Gasteiger partial charge in [-0.3, -0.25) is 34.9 Å². The van der Waals surface area contributed by atoms with E-state index in [2.05, 4.69) is 412 Å². The molecule has 0 saturated carbocycles. The van der Waals surface area contributed by atoms with Gasteiger partial charge < -0.3 is 0 Å². The van der Waals surface area contributed by atoms with Crippen molar-refractivity contribution in [3.63, 3.8) is 0 Å². The third kappa shape index (κ3) is 20.6. The van der Waals surface area contributed by atoms with E-state index < -0.39 is 0 Å². The molecular weight excluding hydrogens is 1500 g/mol. The van der Waals surface area contributed by atoms with Crippen LogP contribution in [0.5, 0.6) is 0 Å². The highest BCUT2D eigenvalue weighted by atomic mass is 14.7. The van der Waals surface area contributed by atoms with Crippen LogP contribution in [-0.2, 0) is 0 Å². The van der Waals surface area contributed by atoms with Gasteiger partial charge in [-0.1, -0.05) is 261 Å². The van der Waals surface area contributed by atoms with Crippen LogP contribution in [-0.4, -0.2) is 43.5 Å². The molecule has 0 unspecified atom stereocenters. The molecule has 0 fully saturated rings. The largest absolute Gasteiger partial charge is 0.262 e. The molecule has 0 spiro atoms. The third-order valence-electron chi connectivity index (χ3n) is 22.0. The van der Waals surface area contributed by atoms with Crippen molar-refractivity contribution in [2.45, 2.75) is 55.4 Å². The summed E-state index contributed by atoms with van der Waals surface area (Å²) in [4.78, 5) is 33.1. The molecule has 0 saturated heterocycles. The van der Waals surface area contributed by atoms with Crippen LogP contribution in [0.15, 0.2) is 423 Å². The normalized spacial score (nSPS) is 11.6. The first-order valence-electron chi connectivity index (χ1n) is 42.4. The van der Waals surface area contributed by atoms with Gasteiger partial charge in [-0.05, 0) is 355 Å². The maximum Gasteiger partial charge on any atom is 0.0630 e. The van der Waals surface area contributed by atoms with Crippen molar-refractivity contribution in [1.29, 1.82) is 0 Å². The zero-order valence-electron chi connectivity index (χ0n) is 71.1. The first-order valence-corrected chi connectivity index (χ1v) is 42.4. The van der Waals surface area contributed by atoms with E-state index in [1.165, 1.54) is 27.8 Å². The van der Waals surface area contributed by atoms with Crippen LogP contribution in [0.1, 0.15) is 73.6 Å². The predicted octanol–water partition coefficient (Wildman–Crippen LogP) is 32.8. The van der Waals surface area contributed by atoms with Crippen LogP contribution in [0.4, 0.5) is 39.8 Å². The maximum absolute atomic E-state index is 5.00. The lowest BCUT2D eigenvalue weighted by molar-refractivity contribution is 1.44. The molecule has 0 radical (unpaired) electrons. The number of benzene rings is 17. The van der Waals surface area contributed by atoms with Crippen LogP contribution in [0.3, 0.4) is 0 Å². The smallest absolute Gasteiger partial charge is 0.0630 e. The molecule has 0 N–H and O–H groups in total. The molecule has 17 aromatic rings. The minimum absolute atomic E-state index is 0.863. The van der Waals surface area contributed by atoms with Crippen LogP contribution in [0.25, 0.3) is 134 Å². The Morgan fingerprint density at radius 2 is 0.250 bits per heavy atom. The highest BCUT2D eigenvalue weighted by molar-refractivity contribution is 5.92. The standard InChI is InChI=1S/C115H89N7.C2H6/c1-7-116-109-50-36-91(37-51-109)103-68-104(92-38-52-110(53-39-92)117-8-2)70-106(69-103)94-42-56-113(57-43-94)120-75-82-20-32-89(33-21-82)101-64-98(86-26-12-79(5)13-27-86)65-102(67-101)90-34-22-84(23-35-90)77-122-115-60-46-96(47-61-115)108-72-105(93-40-54-111(55-41-93)118-9-3)71-107(73-108)95-44-58-114(59-45-95)121-76-83-18-30-88(31-19-83)100-63-97(85-24-10-78(4)11-25-85)62-99(66-100)87-28-16-81(17-29-87)74-119-112-48-14-80(6)15-49-112;1-2/h7-77H,1-6H3;1-2H3. The van der Waals surface area contributed by atoms with Gasteiger partial charge in [0.25, 0.3) is 0 Å². The van der Waals surface area contributed by atoms with Gasteiger partial charge in [0.2, 0.25) is 0 Å². The lowest BCUT2D eigenvalue weighted by atomic mass is 9.92. The first-order chi connectivity index (χ1) is 60.9. The van der Waals surface area contributed by atoms with Crippen LogP contribution in [0, 0.1) is 20.8 Å². The molecule has 0 aliphatic rings. The molecule has 0 heterocycles. The zero-order valence-corrected chi connectivity index (χ0v) is 71.1. The SMILES string of the molecule is CC.CC=Nc1ccc(-c2cc(-c3ccc(N=CC)cc3)cc(-c3ccc(N=Cc4ccc(-c5cc(-c6ccc(C)cc6)cc(-c6ccc(C=Nc7ccc(-c8cc(-c9ccc(N=CC)cc9)cc(-c9ccc(N=Cc%10ccc(-c%11cc(-c%12ccc(C)cc%12)cc(-c%12ccc(C=Nc%13ccc(C)cc%13)cc%12)c%11)cc%10)cc9)c8)cc7)cc6)c5)cc4)cc3)c2)cc1. The second-order valence-electron chi connectivity index (χ2n) is 30.7. The van der Waals surface area contributed by atoms with Crippen molar-refractivity contribution in [2.24, 2.45) is 34.9 Å². The number of aliphatic imine (C=N–C) groups is 7. The average Bonchev–Trinajstić information content (AvgIpc) is 0.811. The summed E-state index contributed by atoms with van der Waals surface area (Å²) in [6, 6.07) is 139. The monoisotopic (exact) mass is 1600 g/mol. The van der Waals surface area contributed by atoms with Crippen molar-refractivity contribution >= 4 is 83.3 Å². The number of hydrogen-bond donors (Lipinski definition) is 0. The lowest BCUT2D eigenvalue weighted by Gasteiger charge is -2.12. The first kappa shape index (κ1) is 82.1. The maximum atomic E-state index is 5.00. The van der Waals surface area contributed by atoms with E-state index in [9.17, 15) is 0 Å². The molecule has 7 heteroatoms. The van der Waals surface area contributed by atoms with Gasteiger partial charge in [0, 0.05) is 43.5 Å². The molecular formula is C117H95N7. The Kier molecular flexibility index (Phi) is 25.9. The minimum Gasteiger partial charge on any atom is -0.262 e. The Balaban J connectivity index is 0.00000564. The molecule has 598 valence electrons. The molecule has 0 aliphatic heterocycles. The van der Waals surface area contributed by atoms with Crippen LogP contribution in [0.2, 0.25) is 0 Å². The Bertz CT molecular complexity index is 6690. The molecule has 0 bridgehead atoms. The fraction of sp³-hybridized carbons (Fsp3) is 0.0684. The highest BCUT2D eigenvalue weighted by Gasteiger charge is 2.15. The Labute approximate surface area is 729 Å². The van der Waals surface area contributed by atoms with E-state index in [1.54, 1.807) is 0 Å². The summed E-state index contributed by atoms with van der Waals surface area (Å²) in [6.07, 6.45) is 13.2. The topological polar surface area (TPSA) is 86.5 Å². The molecule has 17 aromatic carbocycles. The zero-order chi connectivity index (χ0) is 85.1. The second kappa shape index (κ2) is 39.1. The molecule has 17 rings (SSSR count). The average molecular weight is 1600 g/mol. The van der Waals surface area contributed by atoms with Crippen LogP contribution < -0.4 is 0 Å². The minimum atomic E-state index is 0.863. The molecule has 0 aromatic heterocycles. The summed E-state index contributed by atoms with van der Waals surface area (Å²) in [6.45, 7) is 16.2. The predicted molar refractivity (Wildman–Crippen MR) is 533 cm³/mol. The fourth-order valence-corrected chi connectivity index (χ4v) is 15.2. The Morgan fingerprint density at radius 3 is 0.395 bits per heavy atom. The molecule has 7 nitrogen and oxygen atoms in total. The number of hydrogen-bond acceptors (Lipinski definition) is 7. The van der Waals surface area contributed by atoms with Crippen molar-refractivity contribution < 1.29 is 0 Å². The van der Waals surface area contributed by atoms with Gasteiger partial charge in [0.15, 0.2) is 0 Å². The van der Waals surface area contributed by atoms with E-state index in [1.807, 2.05) is 90.3 Å². The molecule has 0 atom stereocenters. The van der Waals surface area contributed by atoms with E-state index >= 15 is 0 Å². The van der Waals surface area contributed by atoms with Crippen molar-refractivity contribution in [2.75, 3.05) is 0 Å². The summed E-state index contributed by atoms with van der Waals surface area (Å²) in [5, 5.41) is 0. The number of aryl methyl sites for hydroxylation is 3. The van der Waals surface area contributed by atoms with Crippen molar-refractivity contribution in [3.8, 4) is 134 Å². The summed E-state index contributed by atoms with van der Waals surface area (Å²) < 4.78 is 0. The second-order valence-corrected chi connectivity index (χ2v) is 30.7. The number of nitrogens with zero attached hydrogens (tertiary/aromatic N) is 7. The van der Waals surface area contributed by atoms with Gasteiger partial charge in [0.1, 0.15) is 0 Å². The van der Waals surface area contributed by atoms with Gasteiger partial charge in [0.05, 0.1) is 39.8 Å². The molecule has 124 heavy (non-hydrogen) atoms. The van der Waals surface area contributed by atoms with Gasteiger partial charge in [-0.15, -0.1) is 0 Å². The van der Waals surface area contributed by atoms with E-state index in [4.69, 9.17) is 20.0 Å². The summed E-state index contributed by atoms with van der Waals surface area (Å²) in [5.74, 6) is 0. The summed E-state index contributed by atoms with van der Waals surface area (Å²) in [5.41, 5.74) is 41.1. The van der Waals surface area contributed by atoms with Crippen LogP contribution >= 0.6 is 0 Å². The number of rotatable bonds is 23. The van der Waals surface area contributed by atoms with Gasteiger partial charge >= 0.3 is 0 Å². The van der Waals surface area contributed by atoms with Crippen molar-refractivity contribution in [3.05, 3.63) is 427 Å². The fourth-order valence-electron chi connectivity index (χ4n) is 15.2. The summed E-state index contributed by atoms with van der Waals surface area (Å²) in [7, 11) is 0. The van der Waals surface area contributed by atoms with E-state index in [-0.39, 0.29) is 0 Å². The molecule has 0 amide bonds. The highest BCUT2D eigenvalue weighted by Crippen LogP contribution is 2.41. The van der Waals surface area contributed by atoms with Gasteiger partial charge in [-0.2, -0.15) is 0 Å². The summed E-state index contributed by atoms with van der Waals surface area (Å²) >= 11 is 0. The Hall–Kier alpha value is -15.6. The lowest BCUT2D eigenvalue weighted by Crippen LogP contribution is -1.88.